The first-order valence-corrected chi connectivity index (χ1v) is 3.44. The third kappa shape index (κ3) is 0.939. The molecule has 2 heteroatoms. The second-order valence-electron chi connectivity index (χ2n) is 2.97. The minimum atomic E-state index is -0.420. The Morgan fingerprint density at radius 3 is 2.70 bits per heavy atom. The normalized spacial score (nSPS) is 39.4. The van der Waals surface area contributed by atoms with Crippen molar-refractivity contribution >= 4 is 5.97 Å². The average Bonchev–Trinajstić information content (AvgIpc) is 2.09. The molecule has 0 unspecified atom stereocenters. The van der Waals surface area contributed by atoms with E-state index in [0.29, 0.717) is 6.42 Å². The fraction of sp³-hybridized carbons (Fsp3) is 0.625. The van der Waals surface area contributed by atoms with Gasteiger partial charge in [-0.1, -0.05) is 13.5 Å². The van der Waals surface area contributed by atoms with E-state index in [0.717, 1.165) is 0 Å². The smallest absolute Gasteiger partial charge is 0.307 e. The molecule has 0 bridgehead atoms. The van der Waals surface area contributed by atoms with Gasteiger partial charge in [-0.3, -0.25) is 4.79 Å². The van der Waals surface area contributed by atoms with Gasteiger partial charge in [0, 0.05) is 5.92 Å². The Hall–Kier alpha value is -0.790. The summed E-state index contributed by atoms with van der Waals surface area (Å²) in [4.78, 5) is 10.8. The second kappa shape index (κ2) is 2.11. The Labute approximate surface area is 60.9 Å². The lowest BCUT2D eigenvalue weighted by Crippen LogP contribution is -2.26. The van der Waals surface area contributed by atoms with E-state index in [1.165, 1.54) is 0 Å². The molecule has 0 radical (unpaired) electrons. The van der Waals surface area contributed by atoms with Crippen molar-refractivity contribution in [3.05, 3.63) is 12.7 Å². The summed E-state index contributed by atoms with van der Waals surface area (Å²) in [7, 11) is 0. The Morgan fingerprint density at radius 1 is 1.90 bits per heavy atom. The number of hydrogen-bond donors (Lipinski definition) is 0. The molecule has 0 aromatic heterocycles. The van der Waals surface area contributed by atoms with Crippen molar-refractivity contribution in [1.82, 2.24) is 0 Å². The van der Waals surface area contributed by atoms with Crippen LogP contribution in [0.2, 0.25) is 0 Å². The van der Waals surface area contributed by atoms with Crippen molar-refractivity contribution in [2.24, 2.45) is 5.92 Å². The molecule has 0 aliphatic carbocycles. The number of cyclic esters (lactones) is 1. The van der Waals surface area contributed by atoms with Crippen molar-refractivity contribution in [3.8, 4) is 0 Å². The van der Waals surface area contributed by atoms with Crippen LogP contribution in [-0.4, -0.2) is 11.6 Å². The molecule has 1 saturated heterocycles. The van der Waals surface area contributed by atoms with E-state index in [2.05, 4.69) is 6.58 Å². The Kier molecular flexibility index (Phi) is 1.55. The van der Waals surface area contributed by atoms with Gasteiger partial charge in [0.1, 0.15) is 5.60 Å². The molecule has 56 valence electrons. The zero-order valence-electron chi connectivity index (χ0n) is 6.39. The summed E-state index contributed by atoms with van der Waals surface area (Å²) in [6.07, 6.45) is 2.21. The molecule has 10 heavy (non-hydrogen) atoms. The summed E-state index contributed by atoms with van der Waals surface area (Å²) in [6.45, 7) is 7.50. The largest absolute Gasteiger partial charge is 0.455 e. The highest BCUT2D eigenvalue weighted by Gasteiger charge is 2.39. The number of esters is 1. The maximum absolute atomic E-state index is 10.8. The van der Waals surface area contributed by atoms with Gasteiger partial charge >= 0.3 is 5.97 Å². The number of ether oxygens (including phenoxy) is 1. The highest BCUT2D eigenvalue weighted by atomic mass is 16.6. The molecule has 0 spiro atoms. The van der Waals surface area contributed by atoms with Crippen molar-refractivity contribution in [2.75, 3.05) is 0 Å². The van der Waals surface area contributed by atoms with Gasteiger partial charge < -0.3 is 4.74 Å². The van der Waals surface area contributed by atoms with Crippen LogP contribution in [0.25, 0.3) is 0 Å². The molecule has 1 rings (SSSR count). The summed E-state index contributed by atoms with van der Waals surface area (Å²) in [5.74, 6) is 0.146. The molecule has 0 N–H and O–H groups in total. The van der Waals surface area contributed by atoms with Crippen molar-refractivity contribution in [2.45, 2.75) is 25.9 Å². The molecule has 2 atom stereocenters. The molecule has 0 aromatic carbocycles. The first kappa shape index (κ1) is 7.32. The van der Waals surface area contributed by atoms with Gasteiger partial charge in [-0.2, -0.15) is 0 Å². The topological polar surface area (TPSA) is 26.3 Å². The van der Waals surface area contributed by atoms with Crippen LogP contribution in [0, 0.1) is 5.92 Å². The van der Waals surface area contributed by atoms with E-state index < -0.39 is 5.60 Å². The molecule has 0 amide bonds. The zero-order valence-corrected chi connectivity index (χ0v) is 6.39. The van der Waals surface area contributed by atoms with Gasteiger partial charge in [0.2, 0.25) is 0 Å². The van der Waals surface area contributed by atoms with Gasteiger partial charge in [-0.25, -0.2) is 0 Å². The van der Waals surface area contributed by atoms with E-state index in [1.54, 1.807) is 6.08 Å². The summed E-state index contributed by atoms with van der Waals surface area (Å²) in [6, 6.07) is 0. The molecule has 0 saturated carbocycles. The quantitative estimate of drug-likeness (QED) is 0.407. The zero-order chi connectivity index (χ0) is 7.78. The summed E-state index contributed by atoms with van der Waals surface area (Å²) >= 11 is 0. The molecule has 1 aliphatic heterocycles. The predicted molar refractivity (Wildman–Crippen MR) is 38.5 cm³/mol. The van der Waals surface area contributed by atoms with Crippen molar-refractivity contribution < 1.29 is 9.53 Å². The van der Waals surface area contributed by atoms with Crippen LogP contribution in [0.15, 0.2) is 12.7 Å². The lowest BCUT2D eigenvalue weighted by Gasteiger charge is -2.22. The number of rotatable bonds is 1. The van der Waals surface area contributed by atoms with Crippen LogP contribution in [-0.2, 0) is 9.53 Å². The number of carbonyl (C=O) groups excluding carboxylic acids is 1. The lowest BCUT2D eigenvalue weighted by atomic mass is 9.91. The molecule has 1 heterocycles. The summed E-state index contributed by atoms with van der Waals surface area (Å²) in [5, 5.41) is 0. The monoisotopic (exact) mass is 140 g/mol. The van der Waals surface area contributed by atoms with Gasteiger partial charge in [0.05, 0.1) is 6.42 Å². The second-order valence-corrected chi connectivity index (χ2v) is 2.97. The summed E-state index contributed by atoms with van der Waals surface area (Å²) < 4.78 is 5.05. The van der Waals surface area contributed by atoms with Crippen LogP contribution in [0.1, 0.15) is 20.3 Å². The van der Waals surface area contributed by atoms with E-state index in [1.807, 2.05) is 13.8 Å². The van der Waals surface area contributed by atoms with E-state index >= 15 is 0 Å². The fourth-order valence-electron chi connectivity index (χ4n) is 1.08. The molecule has 1 fully saturated rings. The van der Waals surface area contributed by atoms with Crippen LogP contribution >= 0.6 is 0 Å². The minimum Gasteiger partial charge on any atom is -0.455 e. The molecule has 2 nitrogen and oxygen atoms in total. The molecule has 0 aromatic rings. The first-order valence-electron chi connectivity index (χ1n) is 3.44. The standard InChI is InChI=1S/C8H12O2/c1-4-8(3)6(2)5-7(9)10-8/h4,6H,1,5H2,2-3H3/t6-,8-/m1/s1. The lowest BCUT2D eigenvalue weighted by molar-refractivity contribution is -0.144. The first-order chi connectivity index (χ1) is 4.58. The van der Waals surface area contributed by atoms with E-state index in [9.17, 15) is 4.79 Å². The Balaban J connectivity index is 2.79. The van der Waals surface area contributed by atoms with Gasteiger partial charge in [-0.15, -0.1) is 0 Å². The highest BCUT2D eigenvalue weighted by Crippen LogP contribution is 2.32. The third-order valence-electron chi connectivity index (χ3n) is 2.19. The average molecular weight is 140 g/mol. The van der Waals surface area contributed by atoms with E-state index in [-0.39, 0.29) is 11.9 Å². The predicted octanol–water partition coefficient (Wildman–Crippen LogP) is 1.51. The fourth-order valence-corrected chi connectivity index (χ4v) is 1.08. The Morgan fingerprint density at radius 2 is 2.50 bits per heavy atom. The Bertz CT molecular complexity index is 174. The molecule has 1 aliphatic rings. The van der Waals surface area contributed by atoms with Crippen LogP contribution in [0.5, 0.6) is 0 Å². The van der Waals surface area contributed by atoms with Gasteiger partial charge in [-0.05, 0) is 13.0 Å². The van der Waals surface area contributed by atoms with Crippen LogP contribution in [0.3, 0.4) is 0 Å². The van der Waals surface area contributed by atoms with Crippen LogP contribution in [0.4, 0.5) is 0 Å². The van der Waals surface area contributed by atoms with Crippen molar-refractivity contribution in [1.29, 1.82) is 0 Å². The van der Waals surface area contributed by atoms with Gasteiger partial charge in [0.15, 0.2) is 0 Å². The van der Waals surface area contributed by atoms with Crippen molar-refractivity contribution in [3.63, 3.8) is 0 Å². The molecular weight excluding hydrogens is 128 g/mol. The maximum Gasteiger partial charge on any atom is 0.307 e. The SMILES string of the molecule is C=C[C@@]1(C)OC(=O)C[C@H]1C. The number of carbonyl (C=O) groups is 1. The van der Waals surface area contributed by atoms with E-state index in [4.69, 9.17) is 4.74 Å². The molecular formula is C8H12O2. The van der Waals surface area contributed by atoms with Crippen LogP contribution < -0.4 is 0 Å². The highest BCUT2D eigenvalue weighted by molar-refractivity contribution is 5.73. The maximum atomic E-state index is 10.8. The number of hydrogen-bond acceptors (Lipinski definition) is 2. The summed E-state index contributed by atoms with van der Waals surface area (Å²) in [5.41, 5.74) is -0.420. The third-order valence-corrected chi connectivity index (χ3v) is 2.19. The minimum absolute atomic E-state index is 0.116. The van der Waals surface area contributed by atoms with Gasteiger partial charge in [0.25, 0.3) is 0 Å².